The van der Waals surface area contributed by atoms with Crippen molar-refractivity contribution < 1.29 is 9.90 Å². The second-order valence-corrected chi connectivity index (χ2v) is 5.64. The Labute approximate surface area is 115 Å². The molecule has 4 nitrogen and oxygen atoms in total. The minimum atomic E-state index is -0.300. The van der Waals surface area contributed by atoms with Crippen molar-refractivity contribution in [2.24, 2.45) is 0 Å². The highest BCUT2D eigenvalue weighted by Crippen LogP contribution is 2.21. The van der Waals surface area contributed by atoms with Crippen LogP contribution in [0.5, 0.6) is 0 Å². The molecule has 2 unspecified atom stereocenters. The van der Waals surface area contributed by atoms with E-state index in [0.717, 1.165) is 23.7 Å². The molecule has 5 heteroatoms. The molecule has 0 radical (unpaired) electrons. The maximum absolute atomic E-state index is 12.1. The molecule has 4 N–H and O–H groups in total. The van der Waals surface area contributed by atoms with Crippen molar-refractivity contribution in [1.82, 2.24) is 5.32 Å². The summed E-state index contributed by atoms with van der Waals surface area (Å²) in [6.45, 7) is 0. The van der Waals surface area contributed by atoms with Gasteiger partial charge in [-0.05, 0) is 43.9 Å². The summed E-state index contributed by atoms with van der Waals surface area (Å²) < 4.78 is 0.852. The fraction of sp³-hybridized carbons (Fsp3) is 0.462. The third-order valence-electron chi connectivity index (χ3n) is 3.24. The molecule has 0 aliphatic heterocycles. The molecule has 18 heavy (non-hydrogen) atoms. The molecular formula is C13H17BrN2O2. The first-order chi connectivity index (χ1) is 8.56. The number of aliphatic hydroxyl groups is 1. The van der Waals surface area contributed by atoms with Crippen LogP contribution in [0.3, 0.4) is 0 Å². The molecule has 2 atom stereocenters. The molecule has 1 amide bonds. The number of carbonyl (C=O) groups is 1. The predicted molar refractivity (Wildman–Crippen MR) is 74.3 cm³/mol. The van der Waals surface area contributed by atoms with Crippen molar-refractivity contribution in [2.75, 3.05) is 5.73 Å². The van der Waals surface area contributed by atoms with E-state index in [1.54, 1.807) is 18.2 Å². The van der Waals surface area contributed by atoms with Crippen LogP contribution in [0.1, 0.15) is 36.0 Å². The minimum Gasteiger partial charge on any atom is -0.398 e. The zero-order valence-electron chi connectivity index (χ0n) is 10.0. The van der Waals surface area contributed by atoms with Crippen LogP contribution in [0.15, 0.2) is 22.7 Å². The van der Waals surface area contributed by atoms with Crippen LogP contribution in [0.2, 0.25) is 0 Å². The Morgan fingerprint density at radius 1 is 1.44 bits per heavy atom. The lowest BCUT2D eigenvalue weighted by Crippen LogP contribution is -2.39. The van der Waals surface area contributed by atoms with Gasteiger partial charge in [-0.3, -0.25) is 4.79 Å². The molecule has 1 fully saturated rings. The molecule has 1 aliphatic rings. The number of nitrogen functional groups attached to an aromatic ring is 1. The van der Waals surface area contributed by atoms with Gasteiger partial charge in [-0.2, -0.15) is 0 Å². The van der Waals surface area contributed by atoms with Gasteiger partial charge in [0.1, 0.15) is 0 Å². The molecule has 1 aliphatic carbocycles. The van der Waals surface area contributed by atoms with Gasteiger partial charge in [0.15, 0.2) is 0 Å². The highest BCUT2D eigenvalue weighted by atomic mass is 79.9. The van der Waals surface area contributed by atoms with Crippen LogP contribution >= 0.6 is 15.9 Å². The summed E-state index contributed by atoms with van der Waals surface area (Å²) in [5, 5.41) is 12.5. The molecule has 0 bridgehead atoms. The van der Waals surface area contributed by atoms with E-state index in [4.69, 9.17) is 5.73 Å². The lowest BCUT2D eigenvalue weighted by molar-refractivity contribution is 0.0850. The van der Waals surface area contributed by atoms with Crippen molar-refractivity contribution >= 4 is 27.5 Å². The summed E-state index contributed by atoms with van der Waals surface area (Å²) in [5.74, 6) is -0.167. The van der Waals surface area contributed by atoms with Gasteiger partial charge in [0, 0.05) is 16.2 Å². The molecule has 0 saturated heterocycles. The Kier molecular flexibility index (Phi) is 4.24. The van der Waals surface area contributed by atoms with Crippen molar-refractivity contribution in [1.29, 1.82) is 0 Å². The second kappa shape index (κ2) is 5.71. The van der Waals surface area contributed by atoms with E-state index in [0.29, 0.717) is 17.7 Å². The Morgan fingerprint density at radius 3 is 2.89 bits per heavy atom. The van der Waals surface area contributed by atoms with E-state index in [9.17, 15) is 9.90 Å². The fourth-order valence-corrected chi connectivity index (χ4v) is 2.68. The largest absolute Gasteiger partial charge is 0.398 e. The van der Waals surface area contributed by atoms with Gasteiger partial charge in [0.25, 0.3) is 5.91 Å². The molecule has 0 heterocycles. The van der Waals surface area contributed by atoms with E-state index >= 15 is 0 Å². The lowest BCUT2D eigenvalue weighted by atomic mass is 9.93. The topological polar surface area (TPSA) is 75.4 Å². The predicted octanol–water partition coefficient (Wildman–Crippen LogP) is 2.06. The number of aliphatic hydroxyl groups excluding tert-OH is 1. The summed E-state index contributed by atoms with van der Waals surface area (Å²) in [7, 11) is 0. The SMILES string of the molecule is Nc1cc(Br)ccc1C(=O)NC1CCCC(O)C1. The first-order valence-corrected chi connectivity index (χ1v) is 6.89. The smallest absolute Gasteiger partial charge is 0.253 e. The number of hydrogen-bond acceptors (Lipinski definition) is 3. The molecule has 1 aromatic rings. The maximum atomic E-state index is 12.1. The van der Waals surface area contributed by atoms with E-state index in [1.807, 2.05) is 0 Å². The summed E-state index contributed by atoms with van der Waals surface area (Å²) in [6.07, 6.45) is 3.02. The molecule has 98 valence electrons. The quantitative estimate of drug-likeness (QED) is 0.732. The Bertz CT molecular complexity index is 451. The Balaban J connectivity index is 2.03. The fourth-order valence-electron chi connectivity index (χ4n) is 2.30. The Morgan fingerprint density at radius 2 is 2.22 bits per heavy atom. The number of amides is 1. The van der Waals surface area contributed by atoms with E-state index in [1.165, 1.54) is 0 Å². The standard InChI is InChI=1S/C13H17BrN2O2/c14-8-4-5-11(12(15)6-8)13(18)16-9-2-1-3-10(17)7-9/h4-6,9-10,17H,1-3,7,15H2,(H,16,18). The third-order valence-corrected chi connectivity index (χ3v) is 3.73. The van der Waals surface area contributed by atoms with Crippen molar-refractivity contribution in [2.45, 2.75) is 37.8 Å². The van der Waals surface area contributed by atoms with E-state index < -0.39 is 0 Å². The van der Waals surface area contributed by atoms with E-state index in [-0.39, 0.29) is 18.1 Å². The van der Waals surface area contributed by atoms with Gasteiger partial charge in [-0.15, -0.1) is 0 Å². The highest BCUT2D eigenvalue weighted by Gasteiger charge is 2.22. The summed E-state index contributed by atoms with van der Waals surface area (Å²) in [5.41, 5.74) is 6.76. The van der Waals surface area contributed by atoms with Crippen LogP contribution < -0.4 is 11.1 Å². The number of benzene rings is 1. The lowest BCUT2D eigenvalue weighted by Gasteiger charge is -2.26. The van der Waals surface area contributed by atoms with Crippen LogP contribution in [-0.2, 0) is 0 Å². The van der Waals surface area contributed by atoms with Gasteiger partial charge >= 0.3 is 0 Å². The van der Waals surface area contributed by atoms with Crippen LogP contribution in [-0.4, -0.2) is 23.2 Å². The van der Waals surface area contributed by atoms with Crippen LogP contribution in [0, 0.1) is 0 Å². The van der Waals surface area contributed by atoms with Gasteiger partial charge in [0.2, 0.25) is 0 Å². The minimum absolute atomic E-state index is 0.0456. The number of halogens is 1. The van der Waals surface area contributed by atoms with Gasteiger partial charge in [0.05, 0.1) is 11.7 Å². The zero-order valence-corrected chi connectivity index (χ0v) is 11.6. The molecule has 1 saturated carbocycles. The second-order valence-electron chi connectivity index (χ2n) is 4.72. The van der Waals surface area contributed by atoms with E-state index in [2.05, 4.69) is 21.2 Å². The zero-order chi connectivity index (χ0) is 13.1. The summed E-state index contributed by atoms with van der Waals surface area (Å²) in [4.78, 5) is 12.1. The average Bonchev–Trinajstić information content (AvgIpc) is 2.28. The molecule has 2 rings (SSSR count). The van der Waals surface area contributed by atoms with Crippen molar-refractivity contribution in [3.63, 3.8) is 0 Å². The molecular weight excluding hydrogens is 296 g/mol. The molecule has 1 aromatic carbocycles. The number of carbonyl (C=O) groups excluding carboxylic acids is 1. The highest BCUT2D eigenvalue weighted by molar-refractivity contribution is 9.10. The number of nitrogens with one attached hydrogen (secondary N) is 1. The monoisotopic (exact) mass is 312 g/mol. The van der Waals surface area contributed by atoms with Crippen molar-refractivity contribution in [3.05, 3.63) is 28.2 Å². The van der Waals surface area contributed by atoms with Gasteiger partial charge in [-0.1, -0.05) is 15.9 Å². The Hall–Kier alpha value is -1.07. The summed E-state index contributed by atoms with van der Waals surface area (Å²) >= 11 is 3.31. The first-order valence-electron chi connectivity index (χ1n) is 6.10. The summed E-state index contributed by atoms with van der Waals surface area (Å²) in [6, 6.07) is 5.25. The van der Waals surface area contributed by atoms with Crippen LogP contribution in [0.25, 0.3) is 0 Å². The third kappa shape index (κ3) is 3.23. The van der Waals surface area contributed by atoms with Crippen LogP contribution in [0.4, 0.5) is 5.69 Å². The normalized spacial score (nSPS) is 23.7. The number of anilines is 1. The number of rotatable bonds is 2. The molecule has 0 spiro atoms. The van der Waals surface area contributed by atoms with Gasteiger partial charge < -0.3 is 16.2 Å². The number of hydrogen-bond donors (Lipinski definition) is 3. The van der Waals surface area contributed by atoms with Crippen molar-refractivity contribution in [3.8, 4) is 0 Å². The maximum Gasteiger partial charge on any atom is 0.253 e. The number of nitrogens with two attached hydrogens (primary N) is 1. The first kappa shape index (κ1) is 13.4. The van der Waals surface area contributed by atoms with Gasteiger partial charge in [-0.25, -0.2) is 0 Å². The molecule has 0 aromatic heterocycles. The average molecular weight is 313 g/mol.